The third-order valence-electron chi connectivity index (χ3n) is 1.68. The van der Waals surface area contributed by atoms with Gasteiger partial charge in [-0.1, -0.05) is 23.2 Å². The second-order valence-corrected chi connectivity index (χ2v) is 4.25. The van der Waals surface area contributed by atoms with Gasteiger partial charge in [-0.15, -0.1) is 0 Å². The molecule has 15 heavy (non-hydrogen) atoms. The van der Waals surface area contributed by atoms with Gasteiger partial charge in [-0.05, 0) is 26.0 Å². The zero-order valence-corrected chi connectivity index (χ0v) is 9.86. The van der Waals surface area contributed by atoms with E-state index >= 15 is 0 Å². The molecule has 0 atom stereocenters. The third kappa shape index (κ3) is 3.01. The smallest absolute Gasteiger partial charge is 0.256 e. The highest BCUT2D eigenvalue weighted by Crippen LogP contribution is 2.29. The van der Waals surface area contributed by atoms with Crippen LogP contribution in [0.15, 0.2) is 12.1 Å². The average molecular weight is 248 g/mol. The fraction of sp³-hybridized carbons (Fsp3) is 0.300. The van der Waals surface area contributed by atoms with E-state index in [1.54, 1.807) is 0 Å². The summed E-state index contributed by atoms with van der Waals surface area (Å²) in [6.45, 7) is 3.64. The van der Waals surface area contributed by atoms with Crippen molar-refractivity contribution in [2.24, 2.45) is 0 Å². The lowest BCUT2D eigenvalue weighted by Crippen LogP contribution is -2.30. The molecule has 1 aromatic carbocycles. The molecule has 3 nitrogen and oxygen atoms in total. The molecule has 1 aromatic rings. The predicted molar refractivity (Wildman–Crippen MR) is 60.7 cm³/mol. The normalized spacial score (nSPS) is 10.5. The van der Waals surface area contributed by atoms with Gasteiger partial charge >= 0.3 is 0 Å². The van der Waals surface area contributed by atoms with Crippen molar-refractivity contribution in [2.45, 2.75) is 19.9 Å². The van der Waals surface area contributed by atoms with Crippen LogP contribution in [0.1, 0.15) is 24.2 Å². The highest BCUT2D eigenvalue weighted by atomic mass is 35.5. The van der Waals surface area contributed by atoms with Gasteiger partial charge in [0.2, 0.25) is 0 Å². The number of phenolic OH excluding ortho intramolecular Hbond substituents is 1. The summed E-state index contributed by atoms with van der Waals surface area (Å²) in [7, 11) is 0. The van der Waals surface area contributed by atoms with Crippen molar-refractivity contribution >= 4 is 29.1 Å². The highest BCUT2D eigenvalue weighted by Gasteiger charge is 2.16. The fourth-order valence-electron chi connectivity index (χ4n) is 1.12. The number of hydrogen-bond acceptors (Lipinski definition) is 2. The first-order valence-electron chi connectivity index (χ1n) is 4.40. The number of phenols is 1. The van der Waals surface area contributed by atoms with Crippen molar-refractivity contribution in [3.05, 3.63) is 27.7 Å². The Morgan fingerprint density at radius 3 is 2.47 bits per heavy atom. The molecule has 82 valence electrons. The summed E-state index contributed by atoms with van der Waals surface area (Å²) in [5.41, 5.74) is 0.0507. The number of halogens is 2. The van der Waals surface area contributed by atoms with Crippen molar-refractivity contribution in [3.8, 4) is 5.75 Å². The van der Waals surface area contributed by atoms with Gasteiger partial charge in [-0.2, -0.15) is 0 Å². The zero-order valence-electron chi connectivity index (χ0n) is 8.34. The van der Waals surface area contributed by atoms with E-state index in [0.29, 0.717) is 5.02 Å². The molecular weight excluding hydrogens is 237 g/mol. The monoisotopic (exact) mass is 247 g/mol. The van der Waals surface area contributed by atoms with E-state index in [-0.39, 0.29) is 22.4 Å². The summed E-state index contributed by atoms with van der Waals surface area (Å²) < 4.78 is 0. The number of carbonyl (C=O) groups is 1. The maximum atomic E-state index is 11.6. The van der Waals surface area contributed by atoms with Crippen molar-refractivity contribution in [1.29, 1.82) is 0 Å². The number of aromatic hydroxyl groups is 1. The summed E-state index contributed by atoms with van der Waals surface area (Å²) in [6, 6.07) is 2.67. The van der Waals surface area contributed by atoms with Crippen LogP contribution >= 0.6 is 23.2 Å². The fourth-order valence-corrected chi connectivity index (χ4v) is 1.69. The molecule has 1 rings (SSSR count). The molecule has 1 amide bonds. The van der Waals surface area contributed by atoms with Crippen LogP contribution in [0.4, 0.5) is 0 Å². The van der Waals surface area contributed by atoms with E-state index in [0.717, 1.165) is 0 Å². The largest absolute Gasteiger partial charge is 0.507 e. The quantitative estimate of drug-likeness (QED) is 0.845. The minimum atomic E-state index is -0.413. The Morgan fingerprint density at radius 1 is 1.40 bits per heavy atom. The van der Waals surface area contributed by atoms with Crippen LogP contribution in [0.25, 0.3) is 0 Å². The van der Waals surface area contributed by atoms with E-state index < -0.39 is 5.91 Å². The molecule has 0 fully saturated rings. The van der Waals surface area contributed by atoms with Crippen molar-refractivity contribution in [1.82, 2.24) is 5.32 Å². The Labute approximate surface area is 98.0 Å². The molecule has 0 heterocycles. The molecule has 0 bridgehead atoms. The molecule has 0 saturated carbocycles. The lowest BCUT2D eigenvalue weighted by Gasteiger charge is -2.11. The molecule has 0 saturated heterocycles. The molecule has 5 heteroatoms. The standard InChI is InChI=1S/C10H11Cl2NO2/c1-5(2)13-10(15)9-7(12)3-6(11)4-8(9)14/h3-5,14H,1-2H3,(H,13,15). The number of rotatable bonds is 2. The van der Waals surface area contributed by atoms with Gasteiger partial charge in [0.25, 0.3) is 5.91 Å². The lowest BCUT2D eigenvalue weighted by atomic mass is 10.1. The maximum absolute atomic E-state index is 11.6. The predicted octanol–water partition coefficient (Wildman–Crippen LogP) is 2.84. The summed E-state index contributed by atoms with van der Waals surface area (Å²) in [4.78, 5) is 11.6. The summed E-state index contributed by atoms with van der Waals surface area (Å²) in [5.74, 6) is -0.630. The Hall–Kier alpha value is -0.930. The van der Waals surface area contributed by atoms with Gasteiger partial charge in [0.05, 0.1) is 10.6 Å². The molecule has 2 N–H and O–H groups in total. The number of amides is 1. The van der Waals surface area contributed by atoms with Crippen LogP contribution in [0.5, 0.6) is 5.75 Å². The van der Waals surface area contributed by atoms with E-state index in [1.165, 1.54) is 12.1 Å². The molecule has 0 spiro atoms. The van der Waals surface area contributed by atoms with Crippen molar-refractivity contribution in [2.75, 3.05) is 0 Å². The molecule has 0 aliphatic rings. The Balaban J connectivity index is 3.09. The molecule has 0 aliphatic heterocycles. The third-order valence-corrected chi connectivity index (χ3v) is 2.20. The topological polar surface area (TPSA) is 49.3 Å². The van der Waals surface area contributed by atoms with Crippen molar-refractivity contribution in [3.63, 3.8) is 0 Å². The van der Waals surface area contributed by atoms with Gasteiger partial charge in [-0.25, -0.2) is 0 Å². The van der Waals surface area contributed by atoms with Gasteiger partial charge in [0, 0.05) is 11.1 Å². The maximum Gasteiger partial charge on any atom is 0.256 e. The van der Waals surface area contributed by atoms with Gasteiger partial charge < -0.3 is 10.4 Å². The minimum Gasteiger partial charge on any atom is -0.507 e. The lowest BCUT2D eigenvalue weighted by molar-refractivity contribution is 0.0940. The first kappa shape index (κ1) is 12.1. The SMILES string of the molecule is CC(C)NC(=O)c1c(O)cc(Cl)cc1Cl. The molecule has 0 aromatic heterocycles. The summed E-state index contributed by atoms with van der Waals surface area (Å²) >= 11 is 11.5. The van der Waals surface area contributed by atoms with Crippen LogP contribution in [-0.4, -0.2) is 17.1 Å². The van der Waals surface area contributed by atoms with Gasteiger partial charge in [-0.3, -0.25) is 4.79 Å². The van der Waals surface area contributed by atoms with Gasteiger partial charge in [0.1, 0.15) is 5.75 Å². The van der Waals surface area contributed by atoms with E-state index in [2.05, 4.69) is 5.32 Å². The number of nitrogens with one attached hydrogen (secondary N) is 1. The molecule has 0 radical (unpaired) electrons. The summed E-state index contributed by atoms with van der Waals surface area (Å²) in [5, 5.41) is 12.6. The number of carbonyl (C=O) groups excluding carboxylic acids is 1. The van der Waals surface area contributed by atoms with Crippen LogP contribution in [0.3, 0.4) is 0 Å². The number of hydrogen-bond donors (Lipinski definition) is 2. The van der Waals surface area contributed by atoms with E-state index in [9.17, 15) is 9.90 Å². The summed E-state index contributed by atoms with van der Waals surface area (Å²) in [6.07, 6.45) is 0. The Morgan fingerprint density at radius 2 is 2.00 bits per heavy atom. The molecule has 0 aliphatic carbocycles. The van der Waals surface area contributed by atoms with Crippen LogP contribution in [0, 0.1) is 0 Å². The van der Waals surface area contributed by atoms with Crippen molar-refractivity contribution < 1.29 is 9.90 Å². The molecule has 0 unspecified atom stereocenters. The zero-order chi connectivity index (χ0) is 11.6. The first-order chi connectivity index (χ1) is 6.91. The van der Waals surface area contributed by atoms with Crippen LogP contribution in [-0.2, 0) is 0 Å². The van der Waals surface area contributed by atoms with E-state index in [1.807, 2.05) is 13.8 Å². The Bertz CT molecular complexity index is 368. The number of benzene rings is 1. The second-order valence-electron chi connectivity index (χ2n) is 3.41. The average Bonchev–Trinajstić information content (AvgIpc) is 1.99. The van der Waals surface area contributed by atoms with Crippen LogP contribution in [0.2, 0.25) is 10.0 Å². The Kier molecular flexibility index (Phi) is 3.83. The van der Waals surface area contributed by atoms with Crippen LogP contribution < -0.4 is 5.32 Å². The highest BCUT2D eigenvalue weighted by molar-refractivity contribution is 6.37. The second kappa shape index (κ2) is 4.73. The first-order valence-corrected chi connectivity index (χ1v) is 5.16. The van der Waals surface area contributed by atoms with E-state index in [4.69, 9.17) is 23.2 Å². The minimum absolute atomic E-state index is 0.0244. The van der Waals surface area contributed by atoms with Gasteiger partial charge in [0.15, 0.2) is 0 Å². The molecular formula is C10H11Cl2NO2.